The molecule has 0 aliphatic rings. The zero-order chi connectivity index (χ0) is 10.1. The van der Waals surface area contributed by atoms with Crippen LogP contribution in [0, 0.1) is 6.92 Å². The topological polar surface area (TPSA) is 67.9 Å². The first-order valence-corrected chi connectivity index (χ1v) is 4.11. The number of carbonyl (C=O) groups excluding carboxylic acids is 1. The minimum absolute atomic E-state index is 0.273. The average molecular weight is 191 g/mol. The van der Waals surface area contributed by atoms with Crippen molar-refractivity contribution < 1.29 is 9.53 Å². The normalized spacial score (nSPS) is 10.4. The van der Waals surface area contributed by atoms with Gasteiger partial charge in [0.1, 0.15) is 0 Å². The number of aromatic nitrogens is 3. The predicted octanol–water partition coefficient (Wildman–Crippen LogP) is 1.05. The molecule has 5 nitrogen and oxygen atoms in total. The molecule has 2 heterocycles. The molecule has 0 saturated heterocycles. The number of ether oxygens (including phenoxy) is 1. The summed E-state index contributed by atoms with van der Waals surface area (Å²) in [5, 5.41) is 7.30. The van der Waals surface area contributed by atoms with Gasteiger partial charge in [0.05, 0.1) is 18.0 Å². The molecule has 0 amide bonds. The van der Waals surface area contributed by atoms with Crippen LogP contribution >= 0.6 is 0 Å². The van der Waals surface area contributed by atoms with E-state index in [2.05, 4.69) is 19.9 Å². The van der Waals surface area contributed by atoms with Crippen molar-refractivity contribution in [3.63, 3.8) is 0 Å². The number of H-pyrrole nitrogens is 1. The summed E-state index contributed by atoms with van der Waals surface area (Å²) in [4.78, 5) is 15.3. The number of aromatic amines is 1. The first kappa shape index (κ1) is 8.68. The summed E-state index contributed by atoms with van der Waals surface area (Å²) in [5.41, 5.74) is 1.94. The van der Waals surface area contributed by atoms with Gasteiger partial charge in [-0.2, -0.15) is 5.10 Å². The summed E-state index contributed by atoms with van der Waals surface area (Å²) in [6.45, 7) is 1.87. The van der Waals surface area contributed by atoms with Crippen molar-refractivity contribution in [2.24, 2.45) is 0 Å². The van der Waals surface area contributed by atoms with E-state index >= 15 is 0 Å². The Bertz CT molecular complexity index is 490. The molecule has 0 bridgehead atoms. The minimum atomic E-state index is -0.457. The summed E-state index contributed by atoms with van der Waals surface area (Å²) >= 11 is 0. The van der Waals surface area contributed by atoms with Crippen molar-refractivity contribution >= 4 is 16.9 Å². The monoisotopic (exact) mass is 191 g/mol. The Labute approximate surface area is 80.1 Å². The summed E-state index contributed by atoms with van der Waals surface area (Å²) in [5.74, 6) is -0.457. The Morgan fingerprint density at radius 3 is 3.07 bits per heavy atom. The first-order valence-electron chi connectivity index (χ1n) is 4.11. The third-order valence-electron chi connectivity index (χ3n) is 1.96. The fraction of sp³-hybridized carbons (Fsp3) is 0.222. The van der Waals surface area contributed by atoms with E-state index in [1.54, 1.807) is 6.20 Å². The van der Waals surface area contributed by atoms with Gasteiger partial charge in [-0.25, -0.2) is 4.79 Å². The second-order valence-corrected chi connectivity index (χ2v) is 2.94. The number of carbonyl (C=O) groups is 1. The number of pyridine rings is 1. The number of fused-ring (bicyclic) bond motifs is 1. The van der Waals surface area contributed by atoms with Crippen molar-refractivity contribution in [3.8, 4) is 0 Å². The van der Waals surface area contributed by atoms with Crippen molar-refractivity contribution in [3.05, 3.63) is 23.7 Å². The van der Waals surface area contributed by atoms with Gasteiger partial charge in [0.15, 0.2) is 5.69 Å². The quantitative estimate of drug-likeness (QED) is 0.684. The smallest absolute Gasteiger partial charge is 0.359 e. The lowest BCUT2D eigenvalue weighted by molar-refractivity contribution is 0.0596. The maximum atomic E-state index is 11.2. The van der Waals surface area contributed by atoms with Gasteiger partial charge in [-0.1, -0.05) is 0 Å². The van der Waals surface area contributed by atoms with Crippen LogP contribution in [0.15, 0.2) is 12.3 Å². The molecule has 1 N–H and O–H groups in total. The van der Waals surface area contributed by atoms with Crippen LogP contribution in [0.2, 0.25) is 0 Å². The van der Waals surface area contributed by atoms with E-state index in [4.69, 9.17) is 0 Å². The standard InChI is InChI=1S/C9H9N3O2/c1-5-3-7-6(4-10-5)8(12-11-7)9(13)14-2/h3-4H,1-2H3,(H,11,12). The van der Waals surface area contributed by atoms with E-state index in [1.807, 2.05) is 13.0 Å². The molecule has 2 aromatic rings. The second-order valence-electron chi connectivity index (χ2n) is 2.94. The molecule has 0 spiro atoms. The van der Waals surface area contributed by atoms with E-state index in [-0.39, 0.29) is 5.69 Å². The summed E-state index contributed by atoms with van der Waals surface area (Å²) in [6, 6.07) is 1.83. The Morgan fingerprint density at radius 1 is 1.57 bits per heavy atom. The number of esters is 1. The molecule has 0 aliphatic carbocycles. The third kappa shape index (κ3) is 1.22. The van der Waals surface area contributed by atoms with Gasteiger partial charge in [0, 0.05) is 11.9 Å². The maximum absolute atomic E-state index is 11.2. The van der Waals surface area contributed by atoms with E-state index in [9.17, 15) is 4.79 Å². The van der Waals surface area contributed by atoms with Gasteiger partial charge in [0.2, 0.25) is 0 Å². The van der Waals surface area contributed by atoms with Crippen molar-refractivity contribution in [2.45, 2.75) is 6.92 Å². The van der Waals surface area contributed by atoms with Crippen LogP contribution in [-0.4, -0.2) is 28.3 Å². The number of rotatable bonds is 1. The van der Waals surface area contributed by atoms with Gasteiger partial charge < -0.3 is 4.74 Å². The number of hydrogen-bond donors (Lipinski definition) is 1. The van der Waals surface area contributed by atoms with Crippen LogP contribution in [0.25, 0.3) is 10.9 Å². The van der Waals surface area contributed by atoms with Gasteiger partial charge in [-0.3, -0.25) is 10.1 Å². The molecule has 5 heteroatoms. The van der Waals surface area contributed by atoms with Crippen molar-refractivity contribution in [1.29, 1.82) is 0 Å². The molecule has 72 valence electrons. The summed E-state index contributed by atoms with van der Waals surface area (Å²) in [6.07, 6.45) is 1.61. The molecule has 2 aromatic heterocycles. The lowest BCUT2D eigenvalue weighted by Crippen LogP contribution is -2.02. The van der Waals surface area contributed by atoms with E-state index < -0.39 is 5.97 Å². The molecule has 0 saturated carbocycles. The van der Waals surface area contributed by atoms with E-state index in [0.29, 0.717) is 5.39 Å². The number of methoxy groups -OCH3 is 1. The highest BCUT2D eigenvalue weighted by Crippen LogP contribution is 2.15. The second kappa shape index (κ2) is 3.10. The Hall–Kier alpha value is -1.91. The highest BCUT2D eigenvalue weighted by atomic mass is 16.5. The van der Waals surface area contributed by atoms with Crippen molar-refractivity contribution in [2.75, 3.05) is 7.11 Å². The SMILES string of the molecule is COC(=O)c1n[nH]c2cc(C)ncc12. The fourth-order valence-electron chi connectivity index (χ4n) is 1.27. The summed E-state index contributed by atoms with van der Waals surface area (Å²) in [7, 11) is 1.32. The molecular formula is C9H9N3O2. The van der Waals surface area contributed by atoms with Gasteiger partial charge >= 0.3 is 5.97 Å². The lowest BCUT2D eigenvalue weighted by Gasteiger charge is -1.94. The predicted molar refractivity (Wildman–Crippen MR) is 50.0 cm³/mol. The van der Waals surface area contributed by atoms with Gasteiger partial charge in [-0.15, -0.1) is 0 Å². The van der Waals surface area contributed by atoms with Gasteiger partial charge in [-0.05, 0) is 13.0 Å². The van der Waals surface area contributed by atoms with Crippen LogP contribution in [0.4, 0.5) is 0 Å². The van der Waals surface area contributed by atoms with Crippen LogP contribution in [-0.2, 0) is 4.74 Å². The molecular weight excluding hydrogens is 182 g/mol. The van der Waals surface area contributed by atoms with E-state index in [0.717, 1.165) is 11.2 Å². The number of hydrogen-bond acceptors (Lipinski definition) is 4. The molecule has 0 unspecified atom stereocenters. The molecule has 2 rings (SSSR count). The van der Waals surface area contributed by atoms with Gasteiger partial charge in [0.25, 0.3) is 0 Å². The summed E-state index contributed by atoms with van der Waals surface area (Å²) < 4.78 is 4.58. The van der Waals surface area contributed by atoms with Crippen LogP contribution in [0.3, 0.4) is 0 Å². The largest absolute Gasteiger partial charge is 0.464 e. The third-order valence-corrected chi connectivity index (χ3v) is 1.96. The molecule has 0 atom stereocenters. The zero-order valence-corrected chi connectivity index (χ0v) is 7.87. The van der Waals surface area contributed by atoms with Crippen LogP contribution < -0.4 is 0 Å². The number of nitrogens with zero attached hydrogens (tertiary/aromatic N) is 2. The Kier molecular flexibility index (Phi) is 1.92. The molecule has 0 radical (unpaired) electrons. The molecule has 0 fully saturated rings. The lowest BCUT2D eigenvalue weighted by atomic mass is 10.2. The first-order chi connectivity index (χ1) is 6.72. The number of nitrogens with one attached hydrogen (secondary N) is 1. The van der Waals surface area contributed by atoms with E-state index in [1.165, 1.54) is 7.11 Å². The van der Waals surface area contributed by atoms with Crippen LogP contribution in [0.1, 0.15) is 16.2 Å². The molecule has 14 heavy (non-hydrogen) atoms. The number of aryl methyl sites for hydroxylation is 1. The van der Waals surface area contributed by atoms with Crippen LogP contribution in [0.5, 0.6) is 0 Å². The fourth-order valence-corrected chi connectivity index (χ4v) is 1.27. The Morgan fingerprint density at radius 2 is 2.36 bits per heavy atom. The Balaban J connectivity index is 2.64. The zero-order valence-electron chi connectivity index (χ0n) is 7.87. The van der Waals surface area contributed by atoms with Crippen molar-refractivity contribution in [1.82, 2.24) is 15.2 Å². The minimum Gasteiger partial charge on any atom is -0.464 e. The maximum Gasteiger partial charge on any atom is 0.359 e. The molecule has 0 aromatic carbocycles. The average Bonchev–Trinajstić information content (AvgIpc) is 2.59. The highest BCUT2D eigenvalue weighted by molar-refractivity contribution is 6.01. The molecule has 0 aliphatic heterocycles. The highest BCUT2D eigenvalue weighted by Gasteiger charge is 2.14.